The zero-order valence-electron chi connectivity index (χ0n) is 37.1. The lowest BCUT2D eigenvalue weighted by atomic mass is 9.43. The molecule has 0 amide bonds. The summed E-state index contributed by atoms with van der Waals surface area (Å²) in [7, 11) is 0. The van der Waals surface area contributed by atoms with Gasteiger partial charge in [0.15, 0.2) is 0 Å². The van der Waals surface area contributed by atoms with Crippen LogP contribution in [0.4, 0.5) is 11.4 Å². The van der Waals surface area contributed by atoms with E-state index in [0.29, 0.717) is 0 Å². The first-order chi connectivity index (χ1) is 33.0. The summed E-state index contributed by atoms with van der Waals surface area (Å²) in [5, 5.41) is 4.76. The SMILES string of the molecule is CC1(C)c2ccccc2-c2cc3c(cc21)-c1c2c(cc4c1oc1ccccc14)-n1c4ccc(-c5ccccc5)cc4c4cc(-c5ccccc5)cc(c41)B2N3c1ccccc1-c1ccccc1. The van der Waals surface area contributed by atoms with Gasteiger partial charge in [-0.3, -0.25) is 0 Å². The van der Waals surface area contributed by atoms with Crippen LogP contribution in [0.1, 0.15) is 25.0 Å². The van der Waals surface area contributed by atoms with Crippen molar-refractivity contribution >= 4 is 72.9 Å². The molecule has 2 aromatic heterocycles. The van der Waals surface area contributed by atoms with Crippen molar-refractivity contribution in [1.82, 2.24) is 4.57 Å². The molecule has 312 valence electrons. The molecule has 0 bridgehead atoms. The van der Waals surface area contributed by atoms with E-state index in [1.165, 1.54) is 117 Å². The van der Waals surface area contributed by atoms with Crippen LogP contribution in [0.3, 0.4) is 0 Å². The van der Waals surface area contributed by atoms with Gasteiger partial charge in [-0.05, 0) is 110 Å². The number of anilines is 2. The van der Waals surface area contributed by atoms with E-state index in [1.54, 1.807) is 0 Å². The van der Waals surface area contributed by atoms with Gasteiger partial charge in [0.1, 0.15) is 11.2 Å². The molecule has 15 rings (SSSR count). The largest absolute Gasteiger partial charge is 0.455 e. The molecular weight excluding hydrogens is 812 g/mol. The zero-order valence-corrected chi connectivity index (χ0v) is 37.1. The first kappa shape index (κ1) is 36.9. The van der Waals surface area contributed by atoms with Crippen molar-refractivity contribution in [3.63, 3.8) is 0 Å². The Balaban J connectivity index is 1.16. The average Bonchev–Trinajstić information content (AvgIpc) is 4.00. The number of hydrogen-bond donors (Lipinski definition) is 0. The van der Waals surface area contributed by atoms with Gasteiger partial charge in [0.25, 0.3) is 0 Å². The molecule has 3 aliphatic rings. The summed E-state index contributed by atoms with van der Waals surface area (Å²) in [5.41, 5.74) is 25.0. The predicted octanol–water partition coefficient (Wildman–Crippen LogP) is 15.2. The molecule has 67 heavy (non-hydrogen) atoms. The number of aromatic nitrogens is 1. The van der Waals surface area contributed by atoms with Crippen LogP contribution in [0.5, 0.6) is 0 Å². The van der Waals surface area contributed by atoms with Gasteiger partial charge in [-0.2, -0.15) is 0 Å². The number of nitrogens with zero attached hydrogens (tertiary/aromatic N) is 2. The molecule has 10 aromatic carbocycles. The Labute approximate surface area is 388 Å². The van der Waals surface area contributed by atoms with E-state index in [9.17, 15) is 0 Å². The molecule has 4 heteroatoms. The van der Waals surface area contributed by atoms with Crippen LogP contribution >= 0.6 is 0 Å². The van der Waals surface area contributed by atoms with Crippen LogP contribution in [0, 0.1) is 0 Å². The van der Waals surface area contributed by atoms with E-state index < -0.39 is 0 Å². The Morgan fingerprint density at radius 1 is 0.418 bits per heavy atom. The van der Waals surface area contributed by atoms with Crippen molar-refractivity contribution in [2.75, 3.05) is 4.81 Å². The molecule has 0 atom stereocenters. The Hall–Kier alpha value is -8.34. The van der Waals surface area contributed by atoms with Crippen molar-refractivity contribution in [2.24, 2.45) is 0 Å². The molecule has 0 saturated carbocycles. The van der Waals surface area contributed by atoms with Gasteiger partial charge in [0.2, 0.25) is 0 Å². The lowest BCUT2D eigenvalue weighted by molar-refractivity contribution is 0.660. The molecule has 12 aromatic rings. The summed E-state index contributed by atoms with van der Waals surface area (Å²) < 4.78 is 9.80. The molecule has 2 aliphatic heterocycles. The van der Waals surface area contributed by atoms with Crippen LogP contribution in [-0.2, 0) is 5.41 Å². The molecule has 0 saturated heterocycles. The molecule has 0 N–H and O–H groups in total. The Morgan fingerprint density at radius 2 is 1.07 bits per heavy atom. The summed E-state index contributed by atoms with van der Waals surface area (Å²) in [5.74, 6) is 0. The monoisotopic (exact) mass is 852 g/mol. The quantitative estimate of drug-likeness (QED) is 0.165. The molecule has 0 radical (unpaired) electrons. The Kier molecular flexibility index (Phi) is 7.37. The van der Waals surface area contributed by atoms with Crippen molar-refractivity contribution in [3.05, 3.63) is 223 Å². The number of fused-ring (bicyclic) bond motifs is 14. The second-order valence-electron chi connectivity index (χ2n) is 19.2. The van der Waals surface area contributed by atoms with E-state index >= 15 is 0 Å². The first-order valence-electron chi connectivity index (χ1n) is 23.5. The fourth-order valence-corrected chi connectivity index (χ4v) is 12.3. The number of furan rings is 1. The maximum Gasteiger partial charge on any atom is 0.333 e. The van der Waals surface area contributed by atoms with E-state index in [0.717, 1.165) is 21.9 Å². The molecule has 0 fully saturated rings. The van der Waals surface area contributed by atoms with Crippen molar-refractivity contribution in [3.8, 4) is 61.3 Å². The van der Waals surface area contributed by atoms with Crippen LogP contribution < -0.4 is 15.7 Å². The topological polar surface area (TPSA) is 21.3 Å². The fourth-order valence-electron chi connectivity index (χ4n) is 12.3. The second kappa shape index (κ2) is 13.4. The van der Waals surface area contributed by atoms with Gasteiger partial charge in [-0.1, -0.05) is 178 Å². The lowest BCUT2D eigenvalue weighted by Crippen LogP contribution is -2.60. The molecule has 1 aliphatic carbocycles. The molecular formula is C63H41BN2O. The fraction of sp³-hybridized carbons (Fsp3) is 0.0476. The Morgan fingerprint density at radius 3 is 1.87 bits per heavy atom. The summed E-state index contributed by atoms with van der Waals surface area (Å²) >= 11 is 0. The highest BCUT2D eigenvalue weighted by Crippen LogP contribution is 2.56. The second-order valence-corrected chi connectivity index (χ2v) is 19.2. The smallest absolute Gasteiger partial charge is 0.333 e. The average molecular weight is 853 g/mol. The zero-order chi connectivity index (χ0) is 44.1. The van der Waals surface area contributed by atoms with E-state index in [4.69, 9.17) is 4.42 Å². The molecule has 3 nitrogen and oxygen atoms in total. The number of benzene rings is 10. The normalized spacial score (nSPS) is 13.9. The minimum absolute atomic E-state index is 0.206. The summed E-state index contributed by atoms with van der Waals surface area (Å²) in [6, 6.07) is 78.9. The maximum atomic E-state index is 7.21. The van der Waals surface area contributed by atoms with Gasteiger partial charge in [-0.25, -0.2) is 0 Å². The van der Waals surface area contributed by atoms with E-state index in [2.05, 4.69) is 236 Å². The molecule has 0 unspecified atom stereocenters. The van der Waals surface area contributed by atoms with Crippen molar-refractivity contribution in [2.45, 2.75) is 19.3 Å². The third-order valence-corrected chi connectivity index (χ3v) is 15.3. The maximum absolute atomic E-state index is 7.21. The highest BCUT2D eigenvalue weighted by molar-refractivity contribution is 6.94. The summed E-state index contributed by atoms with van der Waals surface area (Å²) in [6.45, 7) is 4.56. The Bertz CT molecular complexity index is 4070. The minimum atomic E-state index is -0.223. The van der Waals surface area contributed by atoms with Crippen molar-refractivity contribution in [1.29, 1.82) is 0 Å². The van der Waals surface area contributed by atoms with Crippen LogP contribution in [0.15, 0.2) is 217 Å². The first-order valence-corrected chi connectivity index (χ1v) is 23.5. The minimum Gasteiger partial charge on any atom is -0.455 e. The standard InChI is InChI=1S/C63H41BN2O/c1-63(2)51-27-15-12-25-44(51)46-36-56-50(35-52(46)63)59-60-57(37-49-45-26-14-17-29-58(45)67-62(49)59)65-54-31-30-41(38-18-6-3-7-19-38)32-47(54)48-33-42(39-20-8-4-9-21-39)34-53(61(48)65)64(60)66(56)55-28-16-13-24-43(55)40-22-10-5-11-23-40/h3-37H,1-2H3. The van der Waals surface area contributed by atoms with Gasteiger partial charge >= 0.3 is 6.85 Å². The van der Waals surface area contributed by atoms with Gasteiger partial charge < -0.3 is 13.8 Å². The summed E-state index contributed by atoms with van der Waals surface area (Å²) in [4.78, 5) is 2.70. The number of hydrogen-bond acceptors (Lipinski definition) is 2. The van der Waals surface area contributed by atoms with Crippen LogP contribution in [0.25, 0.3) is 105 Å². The lowest BCUT2D eigenvalue weighted by Gasteiger charge is -2.43. The highest BCUT2D eigenvalue weighted by atomic mass is 16.3. The van der Waals surface area contributed by atoms with Gasteiger partial charge in [0, 0.05) is 60.7 Å². The molecule has 4 heterocycles. The van der Waals surface area contributed by atoms with Crippen molar-refractivity contribution < 1.29 is 4.42 Å². The van der Waals surface area contributed by atoms with E-state index in [-0.39, 0.29) is 12.3 Å². The van der Waals surface area contributed by atoms with Crippen LogP contribution in [0.2, 0.25) is 0 Å². The van der Waals surface area contributed by atoms with Crippen LogP contribution in [-0.4, -0.2) is 11.4 Å². The molecule has 0 spiro atoms. The van der Waals surface area contributed by atoms with E-state index in [1.807, 2.05) is 0 Å². The number of rotatable bonds is 4. The third-order valence-electron chi connectivity index (χ3n) is 15.3. The van der Waals surface area contributed by atoms with Gasteiger partial charge in [-0.15, -0.1) is 0 Å². The third kappa shape index (κ3) is 4.97. The number of para-hydroxylation sites is 2. The predicted molar refractivity (Wildman–Crippen MR) is 281 cm³/mol. The summed E-state index contributed by atoms with van der Waals surface area (Å²) in [6.07, 6.45) is 0. The highest BCUT2D eigenvalue weighted by Gasteiger charge is 2.48. The van der Waals surface area contributed by atoms with Gasteiger partial charge in [0.05, 0.1) is 11.0 Å².